The van der Waals surface area contributed by atoms with E-state index in [9.17, 15) is 14.7 Å². The second-order valence-electron chi connectivity index (χ2n) is 8.94. The van der Waals surface area contributed by atoms with Gasteiger partial charge in [-0.2, -0.15) is 0 Å². The standard InChI is InChI=1S/C26H30N2O7/c1-15(2)35-19-9-6-16(12-20(19)32-5)23-22(25(30)26(31)28(23)11-10-27(3)4)24(29)17-7-8-18-21(13-17)34-14-33-18/h6-9,12-13,15,23,29H,10-11,14H2,1-5H3/b24-22+. The van der Waals surface area contributed by atoms with Crippen LogP contribution in [0.3, 0.4) is 0 Å². The van der Waals surface area contributed by atoms with Crippen LogP contribution in [0.1, 0.15) is 31.0 Å². The normalized spacial score (nSPS) is 18.6. The molecule has 9 heteroatoms. The van der Waals surface area contributed by atoms with Crippen molar-refractivity contribution in [3.8, 4) is 23.0 Å². The van der Waals surface area contributed by atoms with Crippen molar-refractivity contribution >= 4 is 17.4 Å². The quantitative estimate of drug-likeness (QED) is 0.348. The Morgan fingerprint density at radius 2 is 1.86 bits per heavy atom. The number of aliphatic hydroxyl groups excluding tert-OH is 1. The zero-order valence-electron chi connectivity index (χ0n) is 20.5. The molecule has 186 valence electrons. The fourth-order valence-electron chi connectivity index (χ4n) is 4.17. The average molecular weight is 483 g/mol. The summed E-state index contributed by atoms with van der Waals surface area (Å²) in [5, 5.41) is 11.3. The van der Waals surface area contributed by atoms with Gasteiger partial charge in [-0.3, -0.25) is 9.59 Å². The number of amides is 1. The number of nitrogens with zero attached hydrogens (tertiary/aromatic N) is 2. The summed E-state index contributed by atoms with van der Waals surface area (Å²) in [6, 6.07) is 9.37. The van der Waals surface area contributed by atoms with Crippen molar-refractivity contribution in [3.05, 3.63) is 53.1 Å². The van der Waals surface area contributed by atoms with E-state index in [1.807, 2.05) is 32.8 Å². The highest BCUT2D eigenvalue weighted by atomic mass is 16.7. The van der Waals surface area contributed by atoms with Gasteiger partial charge in [-0.25, -0.2) is 0 Å². The summed E-state index contributed by atoms with van der Waals surface area (Å²) < 4.78 is 22.1. The van der Waals surface area contributed by atoms with Gasteiger partial charge in [0.1, 0.15) is 5.76 Å². The first-order chi connectivity index (χ1) is 16.7. The number of fused-ring (bicyclic) bond motifs is 1. The maximum atomic E-state index is 13.2. The number of hydrogen-bond acceptors (Lipinski definition) is 8. The summed E-state index contributed by atoms with van der Waals surface area (Å²) in [4.78, 5) is 29.7. The van der Waals surface area contributed by atoms with Crippen LogP contribution in [0.25, 0.3) is 5.76 Å². The van der Waals surface area contributed by atoms with Crippen LogP contribution in [0.4, 0.5) is 0 Å². The number of carbonyl (C=O) groups is 2. The van der Waals surface area contributed by atoms with Gasteiger partial charge in [0, 0.05) is 18.7 Å². The lowest BCUT2D eigenvalue weighted by molar-refractivity contribution is -0.140. The maximum absolute atomic E-state index is 13.2. The van der Waals surface area contributed by atoms with Crippen LogP contribution in [0, 0.1) is 0 Å². The van der Waals surface area contributed by atoms with Crippen molar-refractivity contribution in [1.82, 2.24) is 9.80 Å². The highest BCUT2D eigenvalue weighted by molar-refractivity contribution is 6.46. The molecule has 1 unspecified atom stereocenters. The van der Waals surface area contributed by atoms with Gasteiger partial charge >= 0.3 is 0 Å². The van der Waals surface area contributed by atoms with Gasteiger partial charge in [-0.1, -0.05) is 6.07 Å². The van der Waals surface area contributed by atoms with Crippen molar-refractivity contribution in [2.24, 2.45) is 0 Å². The number of likely N-dealkylation sites (tertiary alicyclic amines) is 1. The number of likely N-dealkylation sites (N-methyl/N-ethyl adjacent to an activating group) is 1. The van der Waals surface area contributed by atoms with E-state index in [0.717, 1.165) is 0 Å². The second-order valence-corrected chi connectivity index (χ2v) is 8.94. The minimum atomic E-state index is -0.803. The lowest BCUT2D eigenvalue weighted by atomic mass is 9.95. The summed E-state index contributed by atoms with van der Waals surface area (Å²) in [6.07, 6.45) is -0.0634. The minimum absolute atomic E-state index is 0.00667. The Balaban J connectivity index is 1.83. The first-order valence-electron chi connectivity index (χ1n) is 11.4. The summed E-state index contributed by atoms with van der Waals surface area (Å²) in [7, 11) is 5.31. The molecular weight excluding hydrogens is 452 g/mol. The highest BCUT2D eigenvalue weighted by Crippen LogP contribution is 2.43. The number of methoxy groups -OCH3 is 1. The predicted octanol–water partition coefficient (Wildman–Crippen LogP) is 3.19. The van der Waals surface area contributed by atoms with Crippen LogP contribution in [-0.4, -0.2) is 73.8 Å². The average Bonchev–Trinajstić information content (AvgIpc) is 3.39. The molecule has 0 saturated carbocycles. The van der Waals surface area contributed by atoms with E-state index >= 15 is 0 Å². The number of rotatable bonds is 8. The molecule has 2 aromatic carbocycles. The fourth-order valence-corrected chi connectivity index (χ4v) is 4.17. The van der Waals surface area contributed by atoms with E-state index in [1.54, 1.807) is 36.4 Å². The molecule has 0 aromatic heterocycles. The van der Waals surface area contributed by atoms with Crippen molar-refractivity contribution in [2.75, 3.05) is 41.1 Å². The highest BCUT2D eigenvalue weighted by Gasteiger charge is 2.46. The molecule has 9 nitrogen and oxygen atoms in total. The van der Waals surface area contributed by atoms with Crippen LogP contribution in [-0.2, 0) is 9.59 Å². The third-order valence-corrected chi connectivity index (χ3v) is 5.84. The van der Waals surface area contributed by atoms with Crippen molar-refractivity contribution in [3.63, 3.8) is 0 Å². The van der Waals surface area contributed by atoms with Crippen LogP contribution in [0.15, 0.2) is 42.0 Å². The van der Waals surface area contributed by atoms with Gasteiger partial charge in [0.05, 0.1) is 24.8 Å². The zero-order valence-corrected chi connectivity index (χ0v) is 20.5. The molecule has 1 fully saturated rings. The van der Waals surface area contributed by atoms with E-state index in [2.05, 4.69) is 0 Å². The van der Waals surface area contributed by atoms with E-state index in [1.165, 1.54) is 12.0 Å². The minimum Gasteiger partial charge on any atom is -0.507 e. The number of aliphatic hydroxyl groups is 1. The van der Waals surface area contributed by atoms with Crippen molar-refractivity contribution in [2.45, 2.75) is 26.0 Å². The third kappa shape index (κ3) is 4.77. The molecule has 0 aliphatic carbocycles. The lowest BCUT2D eigenvalue weighted by Crippen LogP contribution is -2.35. The SMILES string of the molecule is COc1cc(C2/C(=C(\O)c3ccc4c(c3)OCO4)C(=O)C(=O)N2CCN(C)C)ccc1OC(C)C. The number of Topliss-reactive ketones (excluding diaryl/α,β-unsaturated/α-hetero) is 1. The summed E-state index contributed by atoms with van der Waals surface area (Å²) in [6.45, 7) is 4.74. The summed E-state index contributed by atoms with van der Waals surface area (Å²) in [5.41, 5.74) is 0.988. The number of carbonyl (C=O) groups excluding carboxylic acids is 2. The molecule has 0 bridgehead atoms. The molecule has 1 N–H and O–H groups in total. The number of ketones is 1. The predicted molar refractivity (Wildman–Crippen MR) is 129 cm³/mol. The van der Waals surface area contributed by atoms with Crippen LogP contribution in [0.5, 0.6) is 23.0 Å². The van der Waals surface area contributed by atoms with Gasteiger partial charge < -0.3 is 33.9 Å². The molecule has 35 heavy (non-hydrogen) atoms. The first kappa shape index (κ1) is 24.4. The maximum Gasteiger partial charge on any atom is 0.295 e. The van der Waals surface area contributed by atoms with E-state index in [4.69, 9.17) is 18.9 Å². The van der Waals surface area contributed by atoms with Gasteiger partial charge in [0.25, 0.3) is 11.7 Å². The van der Waals surface area contributed by atoms with Gasteiger partial charge in [0.2, 0.25) is 6.79 Å². The third-order valence-electron chi connectivity index (χ3n) is 5.84. The van der Waals surface area contributed by atoms with Gasteiger partial charge in [0.15, 0.2) is 23.0 Å². The monoisotopic (exact) mass is 482 g/mol. The lowest BCUT2D eigenvalue weighted by Gasteiger charge is -2.27. The zero-order chi connectivity index (χ0) is 25.3. The Hall–Kier alpha value is -3.72. The van der Waals surface area contributed by atoms with Crippen molar-refractivity contribution in [1.29, 1.82) is 0 Å². The summed E-state index contributed by atoms with van der Waals surface area (Å²) >= 11 is 0. The fraction of sp³-hybridized carbons (Fsp3) is 0.385. The number of ether oxygens (including phenoxy) is 4. The topological polar surface area (TPSA) is 97.8 Å². The van der Waals surface area contributed by atoms with Gasteiger partial charge in [-0.05, 0) is 63.8 Å². The Labute approximate surface area is 204 Å². The molecule has 1 amide bonds. The first-order valence-corrected chi connectivity index (χ1v) is 11.4. The Bertz CT molecular complexity index is 1170. The molecule has 1 saturated heterocycles. The van der Waals surface area contributed by atoms with E-state index in [-0.39, 0.29) is 24.2 Å². The molecule has 2 aliphatic heterocycles. The van der Waals surface area contributed by atoms with E-state index < -0.39 is 17.7 Å². The Morgan fingerprint density at radius 1 is 1.11 bits per heavy atom. The van der Waals surface area contributed by atoms with Crippen molar-refractivity contribution < 1.29 is 33.6 Å². The molecule has 4 rings (SSSR count). The molecule has 0 radical (unpaired) electrons. The largest absolute Gasteiger partial charge is 0.507 e. The molecule has 2 heterocycles. The van der Waals surface area contributed by atoms with Crippen LogP contribution in [0.2, 0.25) is 0 Å². The van der Waals surface area contributed by atoms with E-state index in [0.29, 0.717) is 47.2 Å². The Kier molecular flexibility index (Phi) is 6.88. The van der Waals surface area contributed by atoms with Gasteiger partial charge in [-0.15, -0.1) is 0 Å². The second kappa shape index (κ2) is 9.87. The summed E-state index contributed by atoms with van der Waals surface area (Å²) in [5.74, 6) is 0.343. The smallest absolute Gasteiger partial charge is 0.295 e. The molecule has 0 spiro atoms. The molecule has 1 atom stereocenters. The Morgan fingerprint density at radius 3 is 2.54 bits per heavy atom. The number of benzene rings is 2. The molecule has 2 aromatic rings. The van der Waals surface area contributed by atoms with Crippen LogP contribution < -0.4 is 18.9 Å². The van der Waals surface area contributed by atoms with Crippen LogP contribution >= 0.6 is 0 Å². The number of hydrogen-bond donors (Lipinski definition) is 1. The molecule has 2 aliphatic rings. The molecular formula is C26H30N2O7.